The van der Waals surface area contributed by atoms with E-state index in [2.05, 4.69) is 70.9 Å². The molecule has 0 amide bonds. The van der Waals surface area contributed by atoms with Gasteiger partial charge in [-0.25, -0.2) is 0 Å². The summed E-state index contributed by atoms with van der Waals surface area (Å²) in [6.07, 6.45) is 0. The molecule has 2 rings (SSSR count). The number of halogens is 2. The van der Waals surface area contributed by atoms with Crippen molar-refractivity contribution in [2.24, 2.45) is 0 Å². The van der Waals surface area contributed by atoms with Crippen molar-refractivity contribution in [3.63, 3.8) is 0 Å². The summed E-state index contributed by atoms with van der Waals surface area (Å²) in [5.74, 6) is 1.94. The third-order valence-electron chi connectivity index (χ3n) is 3.67. The predicted molar refractivity (Wildman–Crippen MR) is 104 cm³/mol. The standard InChI is InChI=1S/C20H30NO2Si.2ClH.Zr/c1-9-22-14(2)18-16(21-20(3,4)5)13-15-11-10-12-17(19(15)18)23-24(6,7)8;;;/h10-12,21H,9H2,1-8H3;2*1H;/q;;;+2/p-2. The Kier molecular flexibility index (Phi) is 9.92. The molecule has 1 aliphatic rings. The van der Waals surface area contributed by atoms with E-state index >= 15 is 0 Å². The van der Waals surface area contributed by atoms with Gasteiger partial charge in [0, 0.05) is 0 Å². The molecule has 0 unspecified atom stereocenters. The Morgan fingerprint density at radius 3 is 2.22 bits per heavy atom. The number of rotatable bonds is 5. The molecule has 0 spiro atoms. The molecule has 0 saturated heterocycles. The number of hydrogen-bond donors (Lipinski definition) is 1. The van der Waals surface area contributed by atoms with E-state index in [0.717, 1.165) is 17.1 Å². The maximum atomic E-state index is 6.43. The van der Waals surface area contributed by atoms with Crippen LogP contribution in [0.4, 0.5) is 0 Å². The maximum Gasteiger partial charge on any atom is -1.00 e. The molecule has 0 aliphatic heterocycles. The van der Waals surface area contributed by atoms with Crippen molar-refractivity contribution in [1.82, 2.24) is 5.32 Å². The SMILES string of the molecule is CCOC(C)=C1C(NC(C)(C)C)=[C]([Zr+2])c2cccc(O[Si](C)(C)C)c21.[Cl-].[Cl-]. The minimum Gasteiger partial charge on any atom is -1.00 e. The number of allylic oxidation sites excluding steroid dienone is 2. The zero-order chi connectivity index (χ0) is 19.0. The Morgan fingerprint density at radius 2 is 1.74 bits per heavy atom. The van der Waals surface area contributed by atoms with E-state index in [4.69, 9.17) is 9.16 Å². The van der Waals surface area contributed by atoms with Gasteiger partial charge in [0.25, 0.3) is 0 Å². The molecular weight excluding hydrogens is 476 g/mol. The van der Waals surface area contributed by atoms with E-state index in [1.54, 1.807) is 0 Å². The van der Waals surface area contributed by atoms with Gasteiger partial charge in [-0.3, -0.25) is 0 Å². The number of hydrogen-bond acceptors (Lipinski definition) is 3. The van der Waals surface area contributed by atoms with Crippen LogP contribution >= 0.6 is 0 Å². The quantitative estimate of drug-likeness (QED) is 0.423. The molecule has 149 valence electrons. The first kappa shape index (κ1) is 26.8. The number of fused-ring (bicyclic) bond motifs is 1. The Hall–Kier alpha value is -0.220. The van der Waals surface area contributed by atoms with Crippen LogP contribution in [0.3, 0.4) is 0 Å². The Balaban J connectivity index is 0.00000338. The van der Waals surface area contributed by atoms with Gasteiger partial charge in [0.2, 0.25) is 0 Å². The molecular formula is C20H30Cl2NO2SiZr. The zero-order valence-corrected chi connectivity index (χ0v) is 22.5. The van der Waals surface area contributed by atoms with Crippen molar-refractivity contribution in [1.29, 1.82) is 0 Å². The van der Waals surface area contributed by atoms with E-state index in [1.807, 2.05) is 6.92 Å². The van der Waals surface area contributed by atoms with E-state index in [0.29, 0.717) is 6.61 Å². The molecule has 1 aliphatic carbocycles. The Labute approximate surface area is 193 Å². The van der Waals surface area contributed by atoms with Crippen molar-refractivity contribution in [2.45, 2.75) is 59.8 Å². The fraction of sp³-hybridized carbons (Fsp3) is 0.500. The van der Waals surface area contributed by atoms with Crippen LogP contribution in [-0.4, -0.2) is 20.5 Å². The first-order chi connectivity index (χ1) is 11.4. The van der Waals surface area contributed by atoms with E-state index < -0.39 is 8.32 Å². The summed E-state index contributed by atoms with van der Waals surface area (Å²) >= 11 is 1.39. The van der Waals surface area contributed by atoms with Crippen molar-refractivity contribution >= 4 is 17.2 Å². The van der Waals surface area contributed by atoms with Crippen molar-refractivity contribution in [3.05, 3.63) is 40.8 Å². The van der Waals surface area contributed by atoms with Crippen LogP contribution in [0.25, 0.3) is 8.85 Å². The molecule has 0 fully saturated rings. The van der Waals surface area contributed by atoms with Crippen LogP contribution in [0, 0.1) is 0 Å². The van der Waals surface area contributed by atoms with Gasteiger partial charge in [0.1, 0.15) is 0 Å². The Bertz CT molecular complexity index is 734. The summed E-state index contributed by atoms with van der Waals surface area (Å²) in [5, 5.41) is 3.71. The minimum atomic E-state index is -1.71. The van der Waals surface area contributed by atoms with Gasteiger partial charge in [-0.15, -0.1) is 0 Å². The van der Waals surface area contributed by atoms with Gasteiger partial charge in [0.15, 0.2) is 0 Å². The minimum absolute atomic E-state index is 0. The van der Waals surface area contributed by atoms with E-state index in [-0.39, 0.29) is 30.4 Å². The second kappa shape index (κ2) is 10.0. The van der Waals surface area contributed by atoms with E-state index in [9.17, 15) is 0 Å². The summed E-state index contributed by atoms with van der Waals surface area (Å²) in [6.45, 7) is 18.0. The monoisotopic (exact) mass is 504 g/mol. The molecule has 1 aromatic rings. The molecule has 7 heteroatoms. The maximum absolute atomic E-state index is 6.43. The predicted octanol–water partition coefficient (Wildman–Crippen LogP) is -0.707. The molecule has 0 saturated carbocycles. The molecule has 0 radical (unpaired) electrons. The van der Waals surface area contributed by atoms with E-state index in [1.165, 1.54) is 44.8 Å². The van der Waals surface area contributed by atoms with Crippen molar-refractivity contribution in [2.75, 3.05) is 6.61 Å². The first-order valence-electron chi connectivity index (χ1n) is 8.85. The average molecular weight is 507 g/mol. The number of benzene rings is 1. The zero-order valence-electron chi connectivity index (χ0n) is 17.5. The van der Waals surface area contributed by atoms with Crippen molar-refractivity contribution < 1.29 is 58.7 Å². The summed E-state index contributed by atoms with van der Waals surface area (Å²) in [4.78, 5) is 0. The van der Waals surface area contributed by atoms with Crippen LogP contribution in [0.15, 0.2) is 29.7 Å². The fourth-order valence-corrected chi connectivity index (χ4v) is 4.74. The van der Waals surface area contributed by atoms with Crippen molar-refractivity contribution in [3.8, 4) is 5.75 Å². The molecule has 0 aromatic heterocycles. The molecule has 1 N–H and O–H groups in total. The summed E-state index contributed by atoms with van der Waals surface area (Å²) < 4.78 is 13.7. The molecule has 27 heavy (non-hydrogen) atoms. The third kappa shape index (κ3) is 6.66. The third-order valence-corrected chi connectivity index (χ3v) is 5.78. The summed E-state index contributed by atoms with van der Waals surface area (Å²) in [7, 11) is -1.71. The first-order valence-corrected chi connectivity index (χ1v) is 13.5. The molecule has 1 aromatic carbocycles. The fourth-order valence-electron chi connectivity index (χ4n) is 2.94. The largest absolute Gasteiger partial charge is 1.00 e. The topological polar surface area (TPSA) is 30.5 Å². The van der Waals surface area contributed by atoms with Gasteiger partial charge in [-0.1, -0.05) is 0 Å². The second-order valence-electron chi connectivity index (χ2n) is 8.38. The second-order valence-corrected chi connectivity index (χ2v) is 14.0. The van der Waals surface area contributed by atoms with Crippen LogP contribution < -0.4 is 34.6 Å². The van der Waals surface area contributed by atoms with Crippen LogP contribution in [0.2, 0.25) is 19.6 Å². The van der Waals surface area contributed by atoms with Gasteiger partial charge >= 0.3 is 169 Å². The number of ether oxygens (including phenoxy) is 1. The smallest absolute Gasteiger partial charge is 1.00 e. The summed E-state index contributed by atoms with van der Waals surface area (Å²) in [5.41, 5.74) is 4.80. The molecule has 0 atom stereocenters. The van der Waals surface area contributed by atoms with Gasteiger partial charge in [-0.05, 0) is 0 Å². The van der Waals surface area contributed by atoms with Crippen LogP contribution in [-0.2, 0) is 29.5 Å². The molecule has 0 heterocycles. The van der Waals surface area contributed by atoms with Gasteiger partial charge < -0.3 is 24.8 Å². The van der Waals surface area contributed by atoms with Gasteiger partial charge in [0.05, 0.1) is 0 Å². The summed E-state index contributed by atoms with van der Waals surface area (Å²) in [6, 6.07) is 6.40. The Morgan fingerprint density at radius 1 is 1.15 bits per heavy atom. The normalized spacial score (nSPS) is 15.5. The van der Waals surface area contributed by atoms with Crippen LogP contribution in [0.5, 0.6) is 5.75 Å². The number of nitrogens with one attached hydrogen (secondary N) is 1. The molecule has 3 nitrogen and oxygen atoms in total. The van der Waals surface area contributed by atoms with Crippen LogP contribution in [0.1, 0.15) is 45.7 Å². The van der Waals surface area contributed by atoms with Gasteiger partial charge in [-0.2, -0.15) is 0 Å². The molecule has 0 bridgehead atoms. The average Bonchev–Trinajstić information content (AvgIpc) is 2.70.